The number of carbonyl (C=O) groups excluding carboxylic acids is 1. The third-order valence-corrected chi connectivity index (χ3v) is 5.05. The number of benzene rings is 2. The average molecular weight is 387 g/mol. The SMILES string of the molecule is CN1CCN(c2ccc(Nc3ccc(C(=O)Nc4ccccc4)nc3)cc2)CC1. The summed E-state index contributed by atoms with van der Waals surface area (Å²) in [6.45, 7) is 4.30. The van der Waals surface area contributed by atoms with Crippen molar-refractivity contribution in [3.05, 3.63) is 78.6 Å². The summed E-state index contributed by atoms with van der Waals surface area (Å²) in [6, 6.07) is 21.4. The maximum absolute atomic E-state index is 12.3. The predicted octanol–water partition coefficient (Wildman–Crippen LogP) is 3.83. The number of amides is 1. The molecule has 6 heteroatoms. The van der Waals surface area contributed by atoms with E-state index < -0.39 is 0 Å². The van der Waals surface area contributed by atoms with Gasteiger partial charge in [0.1, 0.15) is 5.69 Å². The van der Waals surface area contributed by atoms with Gasteiger partial charge in [-0.05, 0) is 55.6 Å². The molecule has 148 valence electrons. The van der Waals surface area contributed by atoms with E-state index in [-0.39, 0.29) is 5.91 Å². The Morgan fingerprint density at radius 2 is 1.52 bits per heavy atom. The van der Waals surface area contributed by atoms with Crippen LogP contribution in [0.1, 0.15) is 10.5 Å². The maximum Gasteiger partial charge on any atom is 0.274 e. The van der Waals surface area contributed by atoms with E-state index in [0.29, 0.717) is 5.69 Å². The lowest BCUT2D eigenvalue weighted by molar-refractivity contribution is 0.102. The lowest BCUT2D eigenvalue weighted by atomic mass is 10.2. The van der Waals surface area contributed by atoms with E-state index in [1.807, 2.05) is 36.4 Å². The second-order valence-electron chi connectivity index (χ2n) is 7.21. The molecule has 0 radical (unpaired) electrons. The van der Waals surface area contributed by atoms with E-state index >= 15 is 0 Å². The van der Waals surface area contributed by atoms with Crippen molar-refractivity contribution in [2.75, 3.05) is 48.8 Å². The molecule has 2 N–H and O–H groups in total. The van der Waals surface area contributed by atoms with Crippen LogP contribution in [0, 0.1) is 0 Å². The van der Waals surface area contributed by atoms with Gasteiger partial charge < -0.3 is 20.4 Å². The number of likely N-dealkylation sites (N-methyl/N-ethyl adjacent to an activating group) is 1. The number of nitrogens with one attached hydrogen (secondary N) is 2. The highest BCUT2D eigenvalue weighted by molar-refractivity contribution is 6.02. The maximum atomic E-state index is 12.3. The first-order chi connectivity index (χ1) is 14.2. The minimum absolute atomic E-state index is 0.223. The van der Waals surface area contributed by atoms with Crippen LogP contribution in [0.4, 0.5) is 22.7 Å². The topological polar surface area (TPSA) is 60.5 Å². The van der Waals surface area contributed by atoms with Crippen molar-refractivity contribution in [3.8, 4) is 0 Å². The van der Waals surface area contributed by atoms with E-state index in [1.165, 1.54) is 5.69 Å². The number of rotatable bonds is 5. The molecule has 1 aliphatic rings. The smallest absolute Gasteiger partial charge is 0.274 e. The highest BCUT2D eigenvalue weighted by atomic mass is 16.1. The summed E-state index contributed by atoms with van der Waals surface area (Å²) in [6.07, 6.45) is 1.67. The summed E-state index contributed by atoms with van der Waals surface area (Å²) < 4.78 is 0. The van der Waals surface area contributed by atoms with Crippen LogP contribution in [-0.4, -0.2) is 49.0 Å². The monoisotopic (exact) mass is 387 g/mol. The molecule has 0 atom stereocenters. The quantitative estimate of drug-likeness (QED) is 0.697. The van der Waals surface area contributed by atoms with Gasteiger partial charge in [-0.1, -0.05) is 18.2 Å². The van der Waals surface area contributed by atoms with Crippen LogP contribution >= 0.6 is 0 Å². The summed E-state index contributed by atoms with van der Waals surface area (Å²) >= 11 is 0. The first kappa shape index (κ1) is 19.0. The third kappa shape index (κ3) is 4.92. The van der Waals surface area contributed by atoms with Gasteiger partial charge in [0.15, 0.2) is 0 Å². The van der Waals surface area contributed by atoms with Crippen LogP contribution in [0.2, 0.25) is 0 Å². The van der Waals surface area contributed by atoms with Crippen LogP contribution in [-0.2, 0) is 0 Å². The van der Waals surface area contributed by atoms with Crippen molar-refractivity contribution in [2.24, 2.45) is 0 Å². The number of hydrogen-bond donors (Lipinski definition) is 2. The van der Waals surface area contributed by atoms with Gasteiger partial charge >= 0.3 is 0 Å². The lowest BCUT2D eigenvalue weighted by Crippen LogP contribution is -2.44. The summed E-state index contributed by atoms with van der Waals surface area (Å²) in [4.78, 5) is 21.3. The Morgan fingerprint density at radius 1 is 0.828 bits per heavy atom. The Labute approximate surface area is 171 Å². The fourth-order valence-electron chi connectivity index (χ4n) is 3.31. The van der Waals surface area contributed by atoms with Crippen molar-refractivity contribution in [3.63, 3.8) is 0 Å². The van der Waals surface area contributed by atoms with Gasteiger partial charge in [-0.3, -0.25) is 4.79 Å². The van der Waals surface area contributed by atoms with Crippen LogP contribution in [0.3, 0.4) is 0 Å². The number of hydrogen-bond acceptors (Lipinski definition) is 5. The molecular weight excluding hydrogens is 362 g/mol. The van der Waals surface area contributed by atoms with Crippen molar-refractivity contribution < 1.29 is 4.79 Å². The Balaban J connectivity index is 1.35. The number of piperazine rings is 1. The van der Waals surface area contributed by atoms with Crippen LogP contribution in [0.25, 0.3) is 0 Å². The van der Waals surface area contributed by atoms with Crippen molar-refractivity contribution in [1.82, 2.24) is 9.88 Å². The molecule has 1 aliphatic heterocycles. The van der Waals surface area contributed by atoms with E-state index in [9.17, 15) is 4.79 Å². The molecular formula is C23H25N5O. The number of aromatic nitrogens is 1. The second-order valence-corrected chi connectivity index (χ2v) is 7.21. The van der Waals surface area contributed by atoms with Crippen LogP contribution in [0.15, 0.2) is 72.9 Å². The van der Waals surface area contributed by atoms with Gasteiger partial charge in [-0.2, -0.15) is 0 Å². The summed E-state index contributed by atoms with van der Waals surface area (Å²) in [5.41, 5.74) is 4.21. The highest BCUT2D eigenvalue weighted by Crippen LogP contribution is 2.22. The van der Waals surface area contributed by atoms with Gasteiger partial charge in [-0.25, -0.2) is 4.98 Å². The molecule has 0 unspecified atom stereocenters. The molecule has 2 heterocycles. The Hall–Kier alpha value is -3.38. The molecule has 3 aromatic rings. The largest absolute Gasteiger partial charge is 0.369 e. The Morgan fingerprint density at radius 3 is 2.17 bits per heavy atom. The molecule has 29 heavy (non-hydrogen) atoms. The fourth-order valence-corrected chi connectivity index (χ4v) is 3.31. The first-order valence-electron chi connectivity index (χ1n) is 9.80. The van der Waals surface area contributed by atoms with E-state index in [1.54, 1.807) is 12.3 Å². The molecule has 2 aromatic carbocycles. The van der Waals surface area contributed by atoms with E-state index in [4.69, 9.17) is 0 Å². The summed E-state index contributed by atoms with van der Waals surface area (Å²) in [5, 5.41) is 6.17. The number of pyridine rings is 1. The van der Waals surface area contributed by atoms with Crippen molar-refractivity contribution in [1.29, 1.82) is 0 Å². The summed E-state index contributed by atoms with van der Waals surface area (Å²) in [7, 11) is 2.16. The Kier molecular flexibility index (Phi) is 5.72. The van der Waals surface area contributed by atoms with Crippen molar-refractivity contribution in [2.45, 2.75) is 0 Å². The second kappa shape index (κ2) is 8.75. The highest BCUT2D eigenvalue weighted by Gasteiger charge is 2.14. The molecule has 1 amide bonds. The molecule has 1 fully saturated rings. The zero-order valence-corrected chi connectivity index (χ0v) is 16.5. The number of para-hydroxylation sites is 1. The summed E-state index contributed by atoms with van der Waals surface area (Å²) in [5.74, 6) is -0.223. The van der Waals surface area contributed by atoms with Gasteiger partial charge in [0.05, 0.1) is 11.9 Å². The lowest BCUT2D eigenvalue weighted by Gasteiger charge is -2.34. The number of nitrogens with zero attached hydrogens (tertiary/aromatic N) is 3. The van der Waals surface area contributed by atoms with Gasteiger partial charge in [0.2, 0.25) is 0 Å². The molecule has 1 aromatic heterocycles. The number of anilines is 4. The number of carbonyl (C=O) groups is 1. The standard InChI is InChI=1S/C23H25N5O/c1-27-13-15-28(16-14-27)21-10-7-19(8-11-21)25-20-9-12-22(24-17-20)23(29)26-18-5-3-2-4-6-18/h2-12,17,25H,13-16H2,1H3,(H,26,29). The van der Waals surface area contributed by atoms with Crippen LogP contribution < -0.4 is 15.5 Å². The molecule has 6 nitrogen and oxygen atoms in total. The van der Waals surface area contributed by atoms with E-state index in [2.05, 4.69) is 56.7 Å². The normalized spacial score (nSPS) is 14.4. The van der Waals surface area contributed by atoms with Crippen LogP contribution in [0.5, 0.6) is 0 Å². The average Bonchev–Trinajstić information content (AvgIpc) is 2.76. The minimum atomic E-state index is -0.223. The zero-order valence-electron chi connectivity index (χ0n) is 16.5. The predicted molar refractivity (Wildman–Crippen MR) is 118 cm³/mol. The third-order valence-electron chi connectivity index (χ3n) is 5.05. The van der Waals surface area contributed by atoms with Crippen molar-refractivity contribution >= 4 is 28.7 Å². The van der Waals surface area contributed by atoms with Gasteiger partial charge in [0, 0.05) is 43.2 Å². The van der Waals surface area contributed by atoms with Gasteiger partial charge in [-0.15, -0.1) is 0 Å². The van der Waals surface area contributed by atoms with Gasteiger partial charge in [0.25, 0.3) is 5.91 Å². The molecule has 0 bridgehead atoms. The Bertz CT molecular complexity index is 933. The molecule has 0 saturated carbocycles. The molecule has 4 rings (SSSR count). The molecule has 1 saturated heterocycles. The fraction of sp³-hybridized carbons (Fsp3) is 0.217. The zero-order chi connectivity index (χ0) is 20.1. The van der Waals surface area contributed by atoms with E-state index in [0.717, 1.165) is 43.2 Å². The molecule has 0 aliphatic carbocycles. The minimum Gasteiger partial charge on any atom is -0.369 e. The molecule has 0 spiro atoms. The first-order valence-corrected chi connectivity index (χ1v) is 9.80.